The van der Waals surface area contributed by atoms with Gasteiger partial charge in [-0.1, -0.05) is 24.4 Å². The van der Waals surface area contributed by atoms with Gasteiger partial charge >= 0.3 is 0 Å². The molecule has 0 unspecified atom stereocenters. The number of aryl methyl sites for hydroxylation is 1. The summed E-state index contributed by atoms with van der Waals surface area (Å²) < 4.78 is 41.3. The van der Waals surface area contributed by atoms with Crippen LogP contribution in [-0.4, -0.2) is 19.3 Å². The molecule has 0 aliphatic carbocycles. The predicted molar refractivity (Wildman–Crippen MR) is 95.6 cm³/mol. The van der Waals surface area contributed by atoms with E-state index in [1.54, 1.807) is 15.6 Å². The molecule has 7 heteroatoms. The number of sulfonamides is 1. The summed E-state index contributed by atoms with van der Waals surface area (Å²) in [7, 11) is -3.73. The maximum atomic E-state index is 13.4. The smallest absolute Gasteiger partial charge is 0.207 e. The van der Waals surface area contributed by atoms with Crippen molar-refractivity contribution < 1.29 is 12.8 Å². The number of nitrogens with zero attached hydrogens (tertiary/aromatic N) is 1. The third-order valence-corrected chi connectivity index (χ3v) is 7.72. The van der Waals surface area contributed by atoms with E-state index < -0.39 is 15.8 Å². The summed E-state index contributed by atoms with van der Waals surface area (Å²) >= 11 is 7.39. The van der Waals surface area contributed by atoms with E-state index in [1.165, 1.54) is 12.1 Å². The summed E-state index contributed by atoms with van der Waals surface area (Å²) in [5.74, 6) is -0.614. The monoisotopic (exact) mass is 387 g/mol. The fraction of sp³-hybridized carbons (Fsp3) is 0.412. The maximum Gasteiger partial charge on any atom is 0.243 e. The van der Waals surface area contributed by atoms with Gasteiger partial charge in [0.1, 0.15) is 5.82 Å². The minimum Gasteiger partial charge on any atom is -0.207 e. The van der Waals surface area contributed by atoms with Crippen LogP contribution in [0.3, 0.4) is 0 Å². The average molecular weight is 388 g/mol. The lowest BCUT2D eigenvalue weighted by Crippen LogP contribution is -2.34. The Bertz CT molecular complexity index is 835. The summed E-state index contributed by atoms with van der Waals surface area (Å²) in [6.07, 6.45) is 3.64. The molecule has 3 rings (SSSR count). The van der Waals surface area contributed by atoms with Crippen LogP contribution in [0, 0.1) is 12.7 Å². The van der Waals surface area contributed by atoms with Crippen molar-refractivity contribution in [2.75, 3.05) is 6.54 Å². The van der Waals surface area contributed by atoms with Crippen LogP contribution in [-0.2, 0) is 10.0 Å². The number of halogens is 2. The molecule has 1 fully saturated rings. The topological polar surface area (TPSA) is 37.4 Å². The van der Waals surface area contributed by atoms with Crippen LogP contribution in [0.1, 0.15) is 42.2 Å². The Balaban J connectivity index is 2.05. The average Bonchev–Trinajstić information content (AvgIpc) is 2.82. The van der Waals surface area contributed by atoms with Gasteiger partial charge in [0.05, 0.1) is 16.0 Å². The van der Waals surface area contributed by atoms with Crippen molar-refractivity contribution in [2.45, 2.75) is 43.5 Å². The van der Waals surface area contributed by atoms with Gasteiger partial charge in [0, 0.05) is 11.4 Å². The molecule has 1 aromatic heterocycles. The molecule has 0 saturated carbocycles. The molecule has 2 aromatic rings. The first-order valence-electron chi connectivity index (χ1n) is 7.92. The Kier molecular flexibility index (Phi) is 5.30. The van der Waals surface area contributed by atoms with Gasteiger partial charge in [-0.15, -0.1) is 11.3 Å². The fourth-order valence-electron chi connectivity index (χ4n) is 3.13. The van der Waals surface area contributed by atoms with Crippen molar-refractivity contribution in [2.24, 2.45) is 0 Å². The van der Waals surface area contributed by atoms with E-state index in [4.69, 9.17) is 11.6 Å². The molecular weight excluding hydrogens is 369 g/mol. The number of benzene rings is 1. The number of thiophene rings is 1. The second-order valence-corrected chi connectivity index (χ2v) is 9.27. The van der Waals surface area contributed by atoms with E-state index in [0.717, 1.165) is 42.2 Å². The van der Waals surface area contributed by atoms with E-state index in [0.29, 0.717) is 6.54 Å². The molecule has 1 saturated heterocycles. The summed E-state index contributed by atoms with van der Waals surface area (Å²) in [5, 5.41) is 1.82. The lowest BCUT2D eigenvalue weighted by molar-refractivity contribution is 0.332. The van der Waals surface area contributed by atoms with Crippen molar-refractivity contribution in [3.8, 4) is 0 Å². The van der Waals surface area contributed by atoms with E-state index in [-0.39, 0.29) is 16.0 Å². The summed E-state index contributed by atoms with van der Waals surface area (Å²) in [4.78, 5) is 1.14. The Morgan fingerprint density at radius 2 is 2.04 bits per heavy atom. The molecular formula is C17H19ClFNO2S2. The molecule has 0 spiro atoms. The predicted octanol–water partition coefficient (Wildman–Crippen LogP) is 5.16. The van der Waals surface area contributed by atoms with Gasteiger partial charge in [0.15, 0.2) is 0 Å². The van der Waals surface area contributed by atoms with Gasteiger partial charge in [0.25, 0.3) is 0 Å². The molecule has 1 aliphatic rings. The Morgan fingerprint density at radius 3 is 2.71 bits per heavy atom. The van der Waals surface area contributed by atoms with Crippen molar-refractivity contribution in [1.29, 1.82) is 0 Å². The molecule has 0 amide bonds. The number of hydrogen-bond acceptors (Lipinski definition) is 3. The van der Waals surface area contributed by atoms with Gasteiger partial charge in [-0.3, -0.25) is 0 Å². The molecule has 0 bridgehead atoms. The second-order valence-electron chi connectivity index (χ2n) is 6.02. The van der Waals surface area contributed by atoms with Gasteiger partial charge in [-0.25, -0.2) is 12.8 Å². The van der Waals surface area contributed by atoms with E-state index in [1.807, 2.05) is 18.4 Å². The quantitative estimate of drug-likeness (QED) is 0.729. The molecule has 130 valence electrons. The van der Waals surface area contributed by atoms with Crippen molar-refractivity contribution in [1.82, 2.24) is 4.31 Å². The summed E-state index contributed by atoms with van der Waals surface area (Å²) in [6, 6.07) is 5.46. The zero-order valence-corrected chi connectivity index (χ0v) is 15.7. The molecule has 3 nitrogen and oxygen atoms in total. The van der Waals surface area contributed by atoms with Crippen LogP contribution in [0.4, 0.5) is 4.39 Å². The van der Waals surface area contributed by atoms with Crippen LogP contribution in [0.15, 0.2) is 34.5 Å². The van der Waals surface area contributed by atoms with Gasteiger partial charge in [-0.05, 0) is 55.0 Å². The van der Waals surface area contributed by atoms with Crippen LogP contribution in [0.2, 0.25) is 5.02 Å². The molecule has 1 aliphatic heterocycles. The largest absolute Gasteiger partial charge is 0.243 e. The third kappa shape index (κ3) is 3.38. The van der Waals surface area contributed by atoms with E-state index in [9.17, 15) is 12.8 Å². The van der Waals surface area contributed by atoms with Crippen molar-refractivity contribution in [3.63, 3.8) is 0 Å². The first kappa shape index (κ1) is 17.9. The first-order chi connectivity index (χ1) is 11.4. The third-order valence-electron chi connectivity index (χ3n) is 4.41. The Morgan fingerprint density at radius 1 is 1.25 bits per heavy atom. The molecule has 1 aromatic carbocycles. The highest BCUT2D eigenvalue weighted by atomic mass is 35.5. The van der Waals surface area contributed by atoms with Gasteiger partial charge in [-0.2, -0.15) is 4.31 Å². The Hall–Kier alpha value is -0.950. The van der Waals surface area contributed by atoms with Crippen LogP contribution in [0.25, 0.3) is 0 Å². The zero-order chi connectivity index (χ0) is 17.3. The highest BCUT2D eigenvalue weighted by Crippen LogP contribution is 2.38. The standard InChI is InChI=1S/C17H19ClFNO2S2/c1-12-8-10-23-17(12)16-5-3-2-4-9-20(16)24(21,22)13-6-7-15(19)14(18)11-13/h6-8,10-11,16H,2-5,9H2,1H3/t16-/m1/s1. The second kappa shape index (κ2) is 7.12. The maximum absolute atomic E-state index is 13.4. The first-order valence-corrected chi connectivity index (χ1v) is 10.6. The van der Waals surface area contributed by atoms with Crippen molar-refractivity contribution in [3.05, 3.63) is 50.9 Å². The summed E-state index contributed by atoms with van der Waals surface area (Å²) in [6.45, 7) is 2.48. The lowest BCUT2D eigenvalue weighted by Gasteiger charge is -2.29. The van der Waals surface area contributed by atoms with Crippen LogP contribution < -0.4 is 0 Å². The SMILES string of the molecule is Cc1ccsc1[C@H]1CCCCCN1S(=O)(=O)c1ccc(F)c(Cl)c1. The molecule has 0 radical (unpaired) electrons. The lowest BCUT2D eigenvalue weighted by atomic mass is 10.1. The minimum atomic E-state index is -3.73. The van der Waals surface area contributed by atoms with Crippen LogP contribution >= 0.6 is 22.9 Å². The highest BCUT2D eigenvalue weighted by molar-refractivity contribution is 7.89. The van der Waals surface area contributed by atoms with Crippen LogP contribution in [0.5, 0.6) is 0 Å². The molecule has 0 N–H and O–H groups in total. The molecule has 1 atom stereocenters. The van der Waals surface area contributed by atoms with E-state index >= 15 is 0 Å². The van der Waals surface area contributed by atoms with Gasteiger partial charge < -0.3 is 0 Å². The fourth-order valence-corrected chi connectivity index (χ4v) is 6.21. The zero-order valence-electron chi connectivity index (χ0n) is 13.3. The van der Waals surface area contributed by atoms with Crippen molar-refractivity contribution >= 4 is 33.0 Å². The van der Waals surface area contributed by atoms with E-state index in [2.05, 4.69) is 0 Å². The molecule has 2 heterocycles. The Labute approximate surface area is 151 Å². The number of hydrogen-bond donors (Lipinski definition) is 0. The summed E-state index contributed by atoms with van der Waals surface area (Å²) in [5.41, 5.74) is 1.12. The molecule has 24 heavy (non-hydrogen) atoms. The highest BCUT2D eigenvalue weighted by Gasteiger charge is 2.34. The number of rotatable bonds is 3. The normalized spacial score (nSPS) is 20.0. The minimum absolute atomic E-state index is 0.0509. The van der Waals surface area contributed by atoms with Gasteiger partial charge in [0.2, 0.25) is 10.0 Å².